The van der Waals surface area contributed by atoms with Gasteiger partial charge in [0.2, 0.25) is 11.7 Å². The summed E-state index contributed by atoms with van der Waals surface area (Å²) < 4.78 is 40.5. The second kappa shape index (κ2) is 13.0. The standard InChI is InChI=1S/C34H35ClF2N6O7/c1-34(2,3)50-33(48)43-13-17(44)11-23(43)32(47)42-14-20-21(15-42)28(20)40-30(45)18-7-6-16(10-22(18)35)39-31(46)29-38-12-24(41(29)4)19-8-9-25(49-5)27(37)26(19)36/h6-10,12,14,17,21,23,28,44H,11,13,15H2,1-5H3,(H,39,46)(H,40,45)/t17-,21-,23?,28-/m1/s1. The third-order valence-electron chi connectivity index (χ3n) is 8.75. The number of halogens is 3. The van der Waals surface area contributed by atoms with Crippen molar-refractivity contribution in [2.24, 2.45) is 13.0 Å². The number of aliphatic hydroxyl groups excluding tert-OH is 1. The molecule has 13 nitrogen and oxygen atoms in total. The third-order valence-corrected chi connectivity index (χ3v) is 9.06. The number of nitrogens with one attached hydrogen (secondary N) is 2. The number of carbonyl (C=O) groups is 4. The SMILES string of the molecule is COc1ccc(-c2cnc(C(=O)Nc3ccc(C(=O)N[C@@H]4C5=CN(C(=O)C6C[C@@H](O)CN6C(=O)OC(C)(C)C)C[C@H]54)c(Cl)c3)n2C)c(F)c1F. The fourth-order valence-electron chi connectivity index (χ4n) is 6.21. The molecular weight excluding hydrogens is 678 g/mol. The van der Waals surface area contributed by atoms with Crippen molar-refractivity contribution < 1.29 is 42.5 Å². The highest BCUT2D eigenvalue weighted by molar-refractivity contribution is 6.34. The van der Waals surface area contributed by atoms with Gasteiger partial charge in [0, 0.05) is 43.4 Å². The zero-order valence-corrected chi connectivity index (χ0v) is 28.5. The second-order valence-corrected chi connectivity index (χ2v) is 13.7. The molecule has 4 atom stereocenters. The Morgan fingerprint density at radius 2 is 1.80 bits per heavy atom. The van der Waals surface area contributed by atoms with Crippen LogP contribution < -0.4 is 15.4 Å². The van der Waals surface area contributed by atoms with Gasteiger partial charge in [0.05, 0.1) is 48.3 Å². The molecule has 6 rings (SSSR count). The zero-order chi connectivity index (χ0) is 36.2. The molecule has 0 spiro atoms. The molecule has 0 bridgehead atoms. The average molecular weight is 713 g/mol. The molecule has 16 heteroatoms. The summed E-state index contributed by atoms with van der Waals surface area (Å²) in [5.41, 5.74) is 0.567. The lowest BCUT2D eigenvalue weighted by Gasteiger charge is -2.29. The highest BCUT2D eigenvalue weighted by Gasteiger charge is 2.53. The van der Waals surface area contributed by atoms with Crippen molar-refractivity contribution in [3.63, 3.8) is 0 Å². The summed E-state index contributed by atoms with van der Waals surface area (Å²) >= 11 is 6.43. The number of aliphatic hydroxyl groups is 1. The maximum atomic E-state index is 14.7. The molecule has 3 N–H and O–H groups in total. The van der Waals surface area contributed by atoms with Crippen molar-refractivity contribution in [1.29, 1.82) is 0 Å². The number of ether oxygens (including phenoxy) is 2. The van der Waals surface area contributed by atoms with Gasteiger partial charge in [-0.1, -0.05) is 11.6 Å². The Kier molecular flexibility index (Phi) is 9.07. The van der Waals surface area contributed by atoms with Gasteiger partial charge in [0.15, 0.2) is 17.4 Å². The van der Waals surface area contributed by atoms with Crippen LogP contribution in [0.1, 0.15) is 48.2 Å². The molecule has 0 radical (unpaired) electrons. The molecule has 2 fully saturated rings. The molecule has 1 saturated heterocycles. The van der Waals surface area contributed by atoms with Gasteiger partial charge in [-0.05, 0) is 56.7 Å². The van der Waals surface area contributed by atoms with E-state index < -0.39 is 47.3 Å². The van der Waals surface area contributed by atoms with E-state index in [0.29, 0.717) is 6.54 Å². The number of fused-ring (bicyclic) bond motifs is 1. The fraction of sp³-hybridized carbons (Fsp3) is 0.382. The van der Waals surface area contributed by atoms with E-state index >= 15 is 0 Å². The molecule has 264 valence electrons. The molecule has 2 aromatic carbocycles. The van der Waals surface area contributed by atoms with Crippen LogP contribution in [0.2, 0.25) is 5.02 Å². The van der Waals surface area contributed by atoms with Crippen LogP contribution in [-0.4, -0.2) is 92.3 Å². The van der Waals surface area contributed by atoms with Crippen molar-refractivity contribution in [3.05, 3.63) is 76.3 Å². The lowest BCUT2D eigenvalue weighted by Crippen LogP contribution is -2.48. The summed E-state index contributed by atoms with van der Waals surface area (Å²) in [7, 11) is 2.70. The number of amides is 4. The summed E-state index contributed by atoms with van der Waals surface area (Å²) in [6.07, 6.45) is 1.50. The molecule has 50 heavy (non-hydrogen) atoms. The molecule has 3 aromatic rings. The Morgan fingerprint density at radius 3 is 2.44 bits per heavy atom. The Labute approximate surface area is 290 Å². The first kappa shape index (κ1) is 34.8. The predicted octanol–water partition coefficient (Wildman–Crippen LogP) is 4.10. The van der Waals surface area contributed by atoms with E-state index in [9.17, 15) is 33.1 Å². The Balaban J connectivity index is 1.06. The monoisotopic (exact) mass is 712 g/mol. The summed E-state index contributed by atoms with van der Waals surface area (Å²) in [4.78, 5) is 59.0. The van der Waals surface area contributed by atoms with E-state index in [-0.39, 0.29) is 69.9 Å². The van der Waals surface area contributed by atoms with Crippen LogP contribution in [0, 0.1) is 17.6 Å². The van der Waals surface area contributed by atoms with Gasteiger partial charge in [0.25, 0.3) is 11.8 Å². The van der Waals surface area contributed by atoms with E-state index in [4.69, 9.17) is 21.1 Å². The maximum absolute atomic E-state index is 14.7. The molecule has 2 aliphatic heterocycles. The first-order valence-electron chi connectivity index (χ1n) is 15.7. The average Bonchev–Trinajstić information content (AvgIpc) is 3.43. The van der Waals surface area contributed by atoms with E-state index in [2.05, 4.69) is 15.6 Å². The van der Waals surface area contributed by atoms with Crippen molar-refractivity contribution >= 4 is 41.1 Å². The molecule has 1 unspecified atom stereocenters. The van der Waals surface area contributed by atoms with Gasteiger partial charge in [-0.15, -0.1) is 0 Å². The highest BCUT2D eigenvalue weighted by atomic mass is 35.5. The molecule has 1 aromatic heterocycles. The molecule has 4 amide bonds. The van der Waals surface area contributed by atoms with Crippen LogP contribution in [0.3, 0.4) is 0 Å². The number of nitrogens with zero attached hydrogens (tertiary/aromatic N) is 4. The highest BCUT2D eigenvalue weighted by Crippen LogP contribution is 2.45. The van der Waals surface area contributed by atoms with Crippen LogP contribution >= 0.6 is 11.6 Å². The summed E-state index contributed by atoms with van der Waals surface area (Å²) in [5, 5.41) is 15.8. The number of hydrogen-bond donors (Lipinski definition) is 3. The smallest absolute Gasteiger partial charge is 0.411 e. The minimum atomic E-state index is -1.16. The minimum Gasteiger partial charge on any atom is -0.494 e. The lowest BCUT2D eigenvalue weighted by molar-refractivity contribution is -0.133. The Morgan fingerprint density at radius 1 is 1.06 bits per heavy atom. The summed E-state index contributed by atoms with van der Waals surface area (Å²) in [6.45, 7) is 5.47. The number of aromatic nitrogens is 2. The number of rotatable bonds is 7. The predicted molar refractivity (Wildman–Crippen MR) is 176 cm³/mol. The molecule has 3 aliphatic rings. The van der Waals surface area contributed by atoms with Gasteiger partial charge < -0.3 is 34.7 Å². The number of imidazole rings is 1. The van der Waals surface area contributed by atoms with Crippen LogP contribution in [0.5, 0.6) is 5.75 Å². The van der Waals surface area contributed by atoms with Gasteiger partial charge in [-0.3, -0.25) is 19.3 Å². The van der Waals surface area contributed by atoms with E-state index in [1.165, 1.54) is 65.1 Å². The normalized spacial score (nSPS) is 21.0. The van der Waals surface area contributed by atoms with Crippen molar-refractivity contribution in [3.8, 4) is 17.0 Å². The number of methoxy groups -OCH3 is 1. The largest absolute Gasteiger partial charge is 0.494 e. The number of β-amino-alcohol motifs (C(OH)–C–C–N with tert-alkyl or cyclic N) is 1. The maximum Gasteiger partial charge on any atom is 0.411 e. The number of anilines is 1. The van der Waals surface area contributed by atoms with E-state index in [0.717, 1.165) is 5.57 Å². The van der Waals surface area contributed by atoms with Crippen LogP contribution in [-0.2, 0) is 16.6 Å². The van der Waals surface area contributed by atoms with Crippen molar-refractivity contribution in [2.45, 2.75) is 51.0 Å². The van der Waals surface area contributed by atoms with Crippen LogP contribution in [0.4, 0.5) is 19.3 Å². The van der Waals surface area contributed by atoms with Gasteiger partial charge >= 0.3 is 6.09 Å². The molecule has 3 heterocycles. The van der Waals surface area contributed by atoms with Crippen molar-refractivity contribution in [2.75, 3.05) is 25.5 Å². The van der Waals surface area contributed by atoms with E-state index in [1.54, 1.807) is 27.0 Å². The lowest BCUT2D eigenvalue weighted by atomic mass is 10.1. The first-order valence-corrected chi connectivity index (χ1v) is 16.1. The van der Waals surface area contributed by atoms with E-state index in [1.807, 2.05) is 0 Å². The van der Waals surface area contributed by atoms with Gasteiger partial charge in [-0.25, -0.2) is 14.2 Å². The molecular formula is C34H35ClF2N6O7. The summed E-state index contributed by atoms with van der Waals surface area (Å²) in [5.74, 6) is -4.20. The first-order chi connectivity index (χ1) is 23.6. The van der Waals surface area contributed by atoms with Gasteiger partial charge in [-0.2, -0.15) is 4.39 Å². The van der Waals surface area contributed by atoms with Crippen LogP contribution in [0.25, 0.3) is 11.3 Å². The molecule has 1 saturated carbocycles. The number of carbonyl (C=O) groups excluding carboxylic acids is 4. The Hall–Kier alpha value is -5.02. The zero-order valence-electron chi connectivity index (χ0n) is 27.8. The fourth-order valence-corrected chi connectivity index (χ4v) is 6.48. The molecule has 1 aliphatic carbocycles. The summed E-state index contributed by atoms with van der Waals surface area (Å²) in [6, 6.07) is 5.77. The topological polar surface area (TPSA) is 155 Å². The minimum absolute atomic E-state index is 0.000861. The van der Waals surface area contributed by atoms with Crippen molar-refractivity contribution in [1.82, 2.24) is 24.7 Å². The Bertz CT molecular complexity index is 1940. The number of hydrogen-bond acceptors (Lipinski definition) is 8. The second-order valence-electron chi connectivity index (χ2n) is 13.3. The third kappa shape index (κ3) is 6.62. The quantitative estimate of drug-likeness (QED) is 0.331. The van der Waals surface area contributed by atoms with Gasteiger partial charge in [0.1, 0.15) is 11.6 Å². The number of benzene rings is 2. The van der Waals surface area contributed by atoms with Crippen LogP contribution in [0.15, 0.2) is 48.3 Å². The number of likely N-dealkylation sites (tertiary alicyclic amines) is 1.